The van der Waals surface area contributed by atoms with Crippen molar-refractivity contribution in [3.8, 4) is 0 Å². The minimum absolute atomic E-state index is 0.417. The quantitative estimate of drug-likeness (QED) is 0.889. The molecule has 0 saturated carbocycles. The summed E-state index contributed by atoms with van der Waals surface area (Å²) in [5.41, 5.74) is 8.75. The fraction of sp³-hybridized carbons (Fsp3) is 0.429. The molecule has 1 aromatic heterocycles. The van der Waals surface area contributed by atoms with E-state index in [0.717, 1.165) is 36.2 Å². The van der Waals surface area contributed by atoms with Crippen LogP contribution in [0, 0.1) is 0 Å². The van der Waals surface area contributed by atoms with E-state index in [4.69, 9.17) is 28.9 Å². The van der Waals surface area contributed by atoms with Crippen LogP contribution in [0.4, 0.5) is 0 Å². The first-order valence-corrected chi connectivity index (χ1v) is 7.46. The smallest absolute Gasteiger partial charge is 0.0994 e. The third kappa shape index (κ3) is 3.51. The number of rotatable bonds is 6. The van der Waals surface area contributed by atoms with Gasteiger partial charge in [0.2, 0.25) is 0 Å². The van der Waals surface area contributed by atoms with Gasteiger partial charge in [0.1, 0.15) is 0 Å². The molecule has 0 aliphatic rings. The summed E-state index contributed by atoms with van der Waals surface area (Å²) < 4.78 is 1.90. The first-order chi connectivity index (χ1) is 9.65. The van der Waals surface area contributed by atoms with Crippen LogP contribution >= 0.6 is 23.2 Å². The van der Waals surface area contributed by atoms with Gasteiger partial charge in [0, 0.05) is 6.54 Å². The lowest BCUT2D eigenvalue weighted by molar-refractivity contribution is 0.606. The molecule has 2 rings (SSSR count). The van der Waals surface area contributed by atoms with Crippen molar-refractivity contribution in [3.05, 3.63) is 45.2 Å². The fourth-order valence-electron chi connectivity index (χ4n) is 2.08. The lowest BCUT2D eigenvalue weighted by atomic mass is 10.1. The molecule has 6 heteroatoms. The van der Waals surface area contributed by atoms with Crippen molar-refractivity contribution in [1.29, 1.82) is 0 Å². The van der Waals surface area contributed by atoms with Crippen molar-refractivity contribution >= 4 is 23.2 Å². The van der Waals surface area contributed by atoms with Gasteiger partial charge in [-0.3, -0.25) is 0 Å². The summed E-state index contributed by atoms with van der Waals surface area (Å²) in [6, 6.07) is 5.60. The minimum Gasteiger partial charge on any atom is -0.325 e. The van der Waals surface area contributed by atoms with Gasteiger partial charge in [-0.15, -0.1) is 5.10 Å². The lowest BCUT2D eigenvalue weighted by Crippen LogP contribution is -2.09. The molecule has 0 radical (unpaired) electrons. The van der Waals surface area contributed by atoms with Gasteiger partial charge >= 0.3 is 0 Å². The number of nitrogens with two attached hydrogens (primary N) is 1. The summed E-state index contributed by atoms with van der Waals surface area (Å²) >= 11 is 12.0. The first-order valence-electron chi connectivity index (χ1n) is 6.71. The Balaban J connectivity index is 2.23. The van der Waals surface area contributed by atoms with Crippen molar-refractivity contribution < 1.29 is 0 Å². The van der Waals surface area contributed by atoms with E-state index in [2.05, 4.69) is 17.2 Å². The van der Waals surface area contributed by atoms with Crippen LogP contribution in [0.1, 0.15) is 36.7 Å². The van der Waals surface area contributed by atoms with Gasteiger partial charge in [0.05, 0.1) is 28.0 Å². The highest BCUT2D eigenvalue weighted by Gasteiger charge is 2.12. The van der Waals surface area contributed by atoms with Crippen LogP contribution in [0.15, 0.2) is 18.2 Å². The molecular formula is C14H18Cl2N4. The van der Waals surface area contributed by atoms with Gasteiger partial charge in [-0.2, -0.15) is 0 Å². The molecule has 0 unspecified atom stereocenters. The number of hydrogen-bond donors (Lipinski definition) is 1. The summed E-state index contributed by atoms with van der Waals surface area (Å²) in [6.07, 6.45) is 3.17. The van der Waals surface area contributed by atoms with E-state index in [1.807, 2.05) is 16.8 Å². The normalized spacial score (nSPS) is 11.0. The van der Waals surface area contributed by atoms with Crippen LogP contribution in [0.5, 0.6) is 0 Å². The molecule has 0 amide bonds. The molecule has 0 spiro atoms. The second-order valence-corrected chi connectivity index (χ2v) is 5.51. The van der Waals surface area contributed by atoms with E-state index in [0.29, 0.717) is 23.1 Å². The zero-order valence-electron chi connectivity index (χ0n) is 11.4. The average molecular weight is 313 g/mol. The van der Waals surface area contributed by atoms with Gasteiger partial charge < -0.3 is 5.73 Å². The summed E-state index contributed by atoms with van der Waals surface area (Å²) in [5.74, 6) is 0. The molecule has 1 heterocycles. The highest BCUT2D eigenvalue weighted by atomic mass is 35.5. The van der Waals surface area contributed by atoms with E-state index in [9.17, 15) is 0 Å². The monoisotopic (exact) mass is 312 g/mol. The predicted molar refractivity (Wildman–Crippen MR) is 82.1 cm³/mol. The standard InChI is InChI=1S/C14H18Cl2N4/c1-2-3-4-14-13(8-17)18-19-20(14)9-10-5-6-11(15)12(16)7-10/h5-7H,2-4,8-9,17H2,1H3. The highest BCUT2D eigenvalue weighted by Crippen LogP contribution is 2.23. The van der Waals surface area contributed by atoms with E-state index < -0.39 is 0 Å². The Kier molecular flexibility index (Phi) is 5.40. The van der Waals surface area contributed by atoms with Gasteiger partial charge in [0.25, 0.3) is 0 Å². The van der Waals surface area contributed by atoms with Crippen LogP contribution in [-0.4, -0.2) is 15.0 Å². The predicted octanol–water partition coefficient (Wildman–Crippen LogP) is 3.43. The number of aromatic nitrogens is 3. The molecule has 0 bridgehead atoms. The van der Waals surface area contributed by atoms with Crippen molar-refractivity contribution in [2.45, 2.75) is 39.3 Å². The van der Waals surface area contributed by atoms with Crippen LogP contribution in [0.2, 0.25) is 10.0 Å². The van der Waals surface area contributed by atoms with Gasteiger partial charge in [-0.25, -0.2) is 4.68 Å². The number of benzene rings is 1. The Morgan fingerprint density at radius 3 is 2.70 bits per heavy atom. The highest BCUT2D eigenvalue weighted by molar-refractivity contribution is 6.42. The maximum atomic E-state index is 6.04. The van der Waals surface area contributed by atoms with Crippen LogP contribution in [-0.2, 0) is 19.5 Å². The van der Waals surface area contributed by atoms with Gasteiger partial charge in [0.15, 0.2) is 0 Å². The fourth-order valence-corrected chi connectivity index (χ4v) is 2.40. The van der Waals surface area contributed by atoms with Crippen molar-refractivity contribution in [1.82, 2.24) is 15.0 Å². The molecule has 0 aliphatic heterocycles. The van der Waals surface area contributed by atoms with Gasteiger partial charge in [-0.05, 0) is 30.5 Å². The van der Waals surface area contributed by atoms with E-state index in [1.165, 1.54) is 0 Å². The van der Waals surface area contributed by atoms with Gasteiger partial charge in [-0.1, -0.05) is 47.8 Å². The molecule has 0 aliphatic carbocycles. The minimum atomic E-state index is 0.417. The summed E-state index contributed by atoms with van der Waals surface area (Å²) in [6.45, 7) is 3.21. The molecule has 4 nitrogen and oxygen atoms in total. The van der Waals surface area contributed by atoms with Crippen molar-refractivity contribution in [2.24, 2.45) is 5.73 Å². The van der Waals surface area contributed by atoms with Crippen LogP contribution < -0.4 is 5.73 Å². The van der Waals surface area contributed by atoms with E-state index >= 15 is 0 Å². The second kappa shape index (κ2) is 7.07. The number of halogens is 2. The Morgan fingerprint density at radius 2 is 2.05 bits per heavy atom. The molecular weight excluding hydrogens is 295 g/mol. The second-order valence-electron chi connectivity index (χ2n) is 4.70. The summed E-state index contributed by atoms with van der Waals surface area (Å²) in [7, 11) is 0. The molecule has 0 atom stereocenters. The Morgan fingerprint density at radius 1 is 1.25 bits per heavy atom. The maximum absolute atomic E-state index is 6.04. The zero-order chi connectivity index (χ0) is 14.5. The van der Waals surface area contributed by atoms with E-state index in [-0.39, 0.29) is 0 Å². The molecule has 0 saturated heterocycles. The van der Waals surface area contributed by atoms with Crippen molar-refractivity contribution in [3.63, 3.8) is 0 Å². The molecule has 0 fully saturated rings. The molecule has 108 valence electrons. The Hall–Kier alpha value is -1.10. The van der Waals surface area contributed by atoms with E-state index in [1.54, 1.807) is 6.07 Å². The molecule has 20 heavy (non-hydrogen) atoms. The average Bonchev–Trinajstić information content (AvgIpc) is 2.82. The maximum Gasteiger partial charge on any atom is 0.0994 e. The summed E-state index contributed by atoms with van der Waals surface area (Å²) in [5, 5.41) is 9.46. The Labute approximate surface area is 128 Å². The number of unbranched alkanes of at least 4 members (excludes halogenated alkanes) is 1. The number of hydrogen-bond acceptors (Lipinski definition) is 3. The third-order valence-electron chi connectivity index (χ3n) is 3.19. The molecule has 2 N–H and O–H groups in total. The Bertz CT molecular complexity index is 581. The topological polar surface area (TPSA) is 56.7 Å². The lowest BCUT2D eigenvalue weighted by Gasteiger charge is -2.08. The SMILES string of the molecule is CCCCc1c(CN)nnn1Cc1ccc(Cl)c(Cl)c1. The number of nitrogens with zero attached hydrogens (tertiary/aromatic N) is 3. The third-order valence-corrected chi connectivity index (χ3v) is 3.93. The first kappa shape index (κ1) is 15.3. The largest absolute Gasteiger partial charge is 0.325 e. The molecule has 1 aromatic carbocycles. The van der Waals surface area contributed by atoms with Crippen molar-refractivity contribution in [2.75, 3.05) is 0 Å². The van der Waals surface area contributed by atoms with Crippen LogP contribution in [0.3, 0.4) is 0 Å². The summed E-state index contributed by atoms with van der Waals surface area (Å²) in [4.78, 5) is 0. The van der Waals surface area contributed by atoms with Crippen LogP contribution in [0.25, 0.3) is 0 Å². The zero-order valence-corrected chi connectivity index (χ0v) is 13.0. The molecule has 2 aromatic rings.